The lowest BCUT2D eigenvalue weighted by Crippen LogP contribution is -1.77. The smallest absolute Gasteiger partial charge is 0.0949 e. The fraction of sp³-hybridized carbons (Fsp3) is 0.500. The fourth-order valence-electron chi connectivity index (χ4n) is 0.303. The van der Waals surface area contributed by atoms with E-state index in [1.807, 2.05) is 6.08 Å². The Labute approximate surface area is 64.0 Å². The predicted molar refractivity (Wildman–Crippen MR) is 46.8 cm³/mol. The van der Waals surface area contributed by atoms with Crippen molar-refractivity contribution < 1.29 is 0 Å². The molecule has 0 fully saturated rings. The van der Waals surface area contributed by atoms with Gasteiger partial charge < -0.3 is 0 Å². The first-order valence-corrected chi connectivity index (χ1v) is 3.52. The van der Waals surface area contributed by atoms with Gasteiger partial charge in [0.05, 0.1) is 3.72 Å². The second-order valence-corrected chi connectivity index (χ2v) is 2.87. The Morgan fingerprint density at radius 1 is 1.50 bits per heavy atom. The summed E-state index contributed by atoms with van der Waals surface area (Å²) in [4.78, 5) is 3.96. The van der Waals surface area contributed by atoms with Crippen LogP contribution in [0.4, 0.5) is 0 Å². The Bertz CT molecular complexity index is 120. The van der Waals surface area contributed by atoms with Gasteiger partial charge in [-0.25, -0.2) is 0 Å². The predicted octanol–water partition coefficient (Wildman–Crippen LogP) is 2.42. The van der Waals surface area contributed by atoms with Gasteiger partial charge in [-0.3, -0.25) is 4.99 Å². The van der Waals surface area contributed by atoms with Gasteiger partial charge in [0.15, 0.2) is 0 Å². The molecule has 0 heterocycles. The van der Waals surface area contributed by atoms with E-state index in [1.165, 1.54) is 5.57 Å². The van der Waals surface area contributed by atoms with Crippen molar-refractivity contribution in [2.24, 2.45) is 4.99 Å². The molecule has 0 aromatic rings. The molecule has 0 unspecified atom stereocenters. The highest BCUT2D eigenvalue weighted by Gasteiger charge is 1.81. The molecule has 0 radical (unpaired) electrons. The van der Waals surface area contributed by atoms with Gasteiger partial charge in [-0.15, -0.1) is 0 Å². The minimum atomic E-state index is 1.06. The number of halogens is 1. The van der Waals surface area contributed by atoms with Crippen molar-refractivity contribution in [1.82, 2.24) is 0 Å². The second-order valence-electron chi connectivity index (χ2n) is 1.77. The van der Waals surface area contributed by atoms with Gasteiger partial charge in [-0.1, -0.05) is 5.57 Å². The molecule has 8 heavy (non-hydrogen) atoms. The molecule has 46 valence electrons. The summed E-state index contributed by atoms with van der Waals surface area (Å²) >= 11 is 2.19. The zero-order chi connectivity index (χ0) is 6.57. The van der Waals surface area contributed by atoms with Crippen LogP contribution in [-0.2, 0) is 0 Å². The van der Waals surface area contributed by atoms with Gasteiger partial charge in [-0.2, -0.15) is 0 Å². The van der Waals surface area contributed by atoms with E-state index in [0.717, 1.165) is 3.72 Å². The molecule has 0 spiro atoms. The zero-order valence-corrected chi connectivity index (χ0v) is 7.56. The van der Waals surface area contributed by atoms with Crippen molar-refractivity contribution in [3.8, 4) is 0 Å². The highest BCUT2D eigenvalue weighted by molar-refractivity contribution is 14.1. The zero-order valence-electron chi connectivity index (χ0n) is 5.40. The minimum Gasteiger partial charge on any atom is -0.282 e. The van der Waals surface area contributed by atoms with Gasteiger partial charge >= 0.3 is 0 Å². The maximum Gasteiger partial charge on any atom is 0.0949 e. The van der Waals surface area contributed by atoms with Crippen molar-refractivity contribution in [1.29, 1.82) is 0 Å². The number of hydrogen-bond donors (Lipinski definition) is 0. The summed E-state index contributed by atoms with van der Waals surface area (Å²) in [6.45, 7) is 4.12. The summed E-state index contributed by atoms with van der Waals surface area (Å²) in [5.74, 6) is 0. The van der Waals surface area contributed by atoms with Crippen molar-refractivity contribution in [3.63, 3.8) is 0 Å². The van der Waals surface area contributed by atoms with Crippen LogP contribution in [0.2, 0.25) is 0 Å². The first-order chi connectivity index (χ1) is 3.66. The molecule has 0 N–H and O–H groups in total. The molecule has 0 saturated heterocycles. The van der Waals surface area contributed by atoms with Crippen LogP contribution in [-0.4, -0.2) is 10.8 Å². The normalized spacial score (nSPS) is 11.2. The van der Waals surface area contributed by atoms with E-state index in [9.17, 15) is 0 Å². The molecule has 2 heteroatoms. The van der Waals surface area contributed by atoms with Crippen molar-refractivity contribution in [2.45, 2.75) is 13.8 Å². The average molecular weight is 223 g/mol. The largest absolute Gasteiger partial charge is 0.282 e. The SMILES string of the molecule is CN=C(I)C=C(C)C. The molecule has 0 amide bonds. The number of nitrogens with zero attached hydrogens (tertiary/aromatic N) is 1. The lowest BCUT2D eigenvalue weighted by molar-refractivity contribution is 1.39. The Morgan fingerprint density at radius 2 is 2.00 bits per heavy atom. The van der Waals surface area contributed by atoms with E-state index in [2.05, 4.69) is 41.4 Å². The maximum absolute atomic E-state index is 3.96. The third-order valence-corrected chi connectivity index (χ3v) is 1.42. The average Bonchev–Trinajstić information content (AvgIpc) is 1.65. The lowest BCUT2D eigenvalue weighted by Gasteiger charge is -1.85. The molecule has 0 atom stereocenters. The number of rotatable bonds is 1. The maximum atomic E-state index is 3.96. The highest BCUT2D eigenvalue weighted by Crippen LogP contribution is 1.96. The van der Waals surface area contributed by atoms with E-state index >= 15 is 0 Å². The molecule has 0 aromatic carbocycles. The molecule has 0 saturated carbocycles. The molecular weight excluding hydrogens is 213 g/mol. The van der Waals surface area contributed by atoms with Crippen LogP contribution >= 0.6 is 22.6 Å². The van der Waals surface area contributed by atoms with E-state index in [4.69, 9.17) is 0 Å². The van der Waals surface area contributed by atoms with Gasteiger partial charge in [0.25, 0.3) is 0 Å². The third kappa shape index (κ3) is 4.30. The minimum absolute atomic E-state index is 1.06. The van der Waals surface area contributed by atoms with Crippen LogP contribution in [0.5, 0.6) is 0 Å². The van der Waals surface area contributed by atoms with E-state index in [0.29, 0.717) is 0 Å². The van der Waals surface area contributed by atoms with Crippen LogP contribution in [0.15, 0.2) is 16.6 Å². The van der Waals surface area contributed by atoms with Crippen LogP contribution < -0.4 is 0 Å². The highest BCUT2D eigenvalue weighted by atomic mass is 127. The number of aliphatic imine (C=N–C) groups is 1. The second kappa shape index (κ2) is 4.06. The van der Waals surface area contributed by atoms with Crippen LogP contribution in [0.25, 0.3) is 0 Å². The van der Waals surface area contributed by atoms with Gasteiger partial charge in [0.2, 0.25) is 0 Å². The van der Waals surface area contributed by atoms with Gasteiger partial charge in [0, 0.05) is 7.05 Å². The molecule has 0 aromatic heterocycles. The van der Waals surface area contributed by atoms with Crippen molar-refractivity contribution >= 4 is 26.3 Å². The molecule has 0 aliphatic rings. The quantitative estimate of drug-likeness (QED) is 0.478. The lowest BCUT2D eigenvalue weighted by atomic mass is 10.3. The number of allylic oxidation sites excluding steroid dienone is 2. The topological polar surface area (TPSA) is 12.4 Å². The summed E-state index contributed by atoms with van der Waals surface area (Å²) in [5, 5.41) is 0. The monoisotopic (exact) mass is 223 g/mol. The third-order valence-electron chi connectivity index (χ3n) is 0.621. The van der Waals surface area contributed by atoms with E-state index < -0.39 is 0 Å². The number of hydrogen-bond acceptors (Lipinski definition) is 1. The van der Waals surface area contributed by atoms with Crippen LogP contribution in [0.3, 0.4) is 0 Å². The summed E-state index contributed by atoms with van der Waals surface area (Å²) in [6, 6.07) is 0. The Kier molecular flexibility index (Phi) is 4.13. The van der Waals surface area contributed by atoms with Crippen molar-refractivity contribution in [2.75, 3.05) is 7.05 Å². The molecule has 0 rings (SSSR count). The summed E-state index contributed by atoms with van der Waals surface area (Å²) in [7, 11) is 1.79. The van der Waals surface area contributed by atoms with Crippen LogP contribution in [0, 0.1) is 0 Å². The van der Waals surface area contributed by atoms with Crippen molar-refractivity contribution in [3.05, 3.63) is 11.6 Å². The van der Waals surface area contributed by atoms with E-state index in [1.54, 1.807) is 7.05 Å². The molecule has 0 aliphatic heterocycles. The summed E-state index contributed by atoms with van der Waals surface area (Å²) in [5.41, 5.74) is 1.29. The van der Waals surface area contributed by atoms with E-state index in [-0.39, 0.29) is 0 Å². The molecular formula is C6H10IN. The first-order valence-electron chi connectivity index (χ1n) is 2.44. The summed E-state index contributed by atoms with van der Waals surface area (Å²) in [6.07, 6.45) is 2.04. The molecule has 1 nitrogen and oxygen atoms in total. The standard InChI is InChI=1S/C6H10IN/c1-5(2)4-6(7)8-3/h4H,1-3H3. The Balaban J connectivity index is 3.89. The molecule has 0 aliphatic carbocycles. The molecule has 0 bridgehead atoms. The Morgan fingerprint density at radius 3 is 2.12 bits per heavy atom. The van der Waals surface area contributed by atoms with Gasteiger partial charge in [-0.05, 0) is 42.5 Å². The summed E-state index contributed by atoms with van der Waals surface area (Å²) < 4.78 is 1.06. The fourth-order valence-corrected chi connectivity index (χ4v) is 0.926. The Hall–Kier alpha value is 0.140. The van der Waals surface area contributed by atoms with Crippen LogP contribution in [0.1, 0.15) is 13.8 Å². The van der Waals surface area contributed by atoms with Gasteiger partial charge in [0.1, 0.15) is 0 Å². The first kappa shape index (κ1) is 8.14.